The van der Waals surface area contributed by atoms with Crippen LogP contribution in [0.4, 0.5) is 10.2 Å². The zero-order valence-corrected chi connectivity index (χ0v) is 23.9. The number of amides is 2. The molecular formula is C30H23ClFN5O2S2. The highest BCUT2D eigenvalue weighted by Gasteiger charge is 2.38. The third-order valence-electron chi connectivity index (χ3n) is 6.64. The maximum atomic E-state index is 13.9. The quantitative estimate of drug-likeness (QED) is 0.237. The first-order chi connectivity index (χ1) is 20.0. The lowest BCUT2D eigenvalue weighted by Crippen LogP contribution is -2.42. The molecule has 5 aromatic rings. The minimum Gasteiger partial charge on any atom is -0.350 e. The molecule has 0 bridgehead atoms. The summed E-state index contributed by atoms with van der Waals surface area (Å²) in [6, 6.07) is 21.1. The fraction of sp³-hybridized carbons (Fsp3) is 0.133. The first-order valence-corrected chi connectivity index (χ1v) is 15.0. The van der Waals surface area contributed by atoms with Crippen LogP contribution in [0.2, 0.25) is 5.02 Å². The molecule has 1 atom stereocenters. The van der Waals surface area contributed by atoms with Crippen LogP contribution in [0.1, 0.15) is 21.9 Å². The molecule has 4 heterocycles. The molecule has 1 aliphatic rings. The maximum Gasteiger partial charge on any atom is 0.240 e. The summed E-state index contributed by atoms with van der Waals surface area (Å²) in [6.07, 6.45) is 3.32. The van der Waals surface area contributed by atoms with Crippen molar-refractivity contribution in [3.8, 4) is 16.3 Å². The van der Waals surface area contributed by atoms with Gasteiger partial charge in [-0.1, -0.05) is 41.9 Å². The SMILES string of the molecule is O=C(CN1C(=O)CSC(c2ccc(F)cc2)c2c(-c3cccs3)nn(-c3ccccc3Cl)c21)NCc1ccncc1. The van der Waals surface area contributed by atoms with Crippen molar-refractivity contribution in [3.63, 3.8) is 0 Å². The number of rotatable bonds is 7. The average molecular weight is 604 g/mol. The minimum atomic E-state index is -0.354. The zero-order chi connectivity index (χ0) is 28.3. The molecule has 1 unspecified atom stereocenters. The van der Waals surface area contributed by atoms with Gasteiger partial charge in [0.2, 0.25) is 11.8 Å². The Hall–Kier alpha value is -3.99. The second-order valence-electron chi connectivity index (χ2n) is 9.28. The number of aromatic nitrogens is 3. The number of para-hydroxylation sites is 1. The van der Waals surface area contributed by atoms with Gasteiger partial charge in [0.15, 0.2) is 0 Å². The Morgan fingerprint density at radius 2 is 1.83 bits per heavy atom. The van der Waals surface area contributed by atoms with Crippen LogP contribution in [0.3, 0.4) is 0 Å². The fourth-order valence-corrected chi connectivity index (χ4v) is 6.84. The van der Waals surface area contributed by atoms with Crippen LogP contribution < -0.4 is 10.2 Å². The van der Waals surface area contributed by atoms with E-state index in [2.05, 4.69) is 10.3 Å². The summed E-state index contributed by atoms with van der Waals surface area (Å²) in [5.74, 6) is -0.339. The molecule has 0 saturated heterocycles. The topological polar surface area (TPSA) is 80.1 Å². The number of thiophene rings is 1. The van der Waals surface area contributed by atoms with Gasteiger partial charge in [-0.05, 0) is 59.0 Å². The molecule has 2 amide bonds. The number of carbonyl (C=O) groups excluding carboxylic acids is 2. The number of thioether (sulfide) groups is 1. The number of halogens is 2. The van der Waals surface area contributed by atoms with Crippen LogP contribution in [0.15, 0.2) is 90.6 Å². The average Bonchev–Trinajstić information content (AvgIpc) is 3.63. The van der Waals surface area contributed by atoms with Gasteiger partial charge in [0.05, 0.1) is 26.6 Å². The molecule has 1 N–H and O–H groups in total. The largest absolute Gasteiger partial charge is 0.350 e. The van der Waals surface area contributed by atoms with Gasteiger partial charge in [-0.3, -0.25) is 19.5 Å². The molecule has 0 radical (unpaired) electrons. The van der Waals surface area contributed by atoms with E-state index < -0.39 is 0 Å². The molecular weight excluding hydrogens is 581 g/mol. The van der Waals surface area contributed by atoms with Gasteiger partial charge in [0, 0.05) is 24.5 Å². The molecule has 41 heavy (non-hydrogen) atoms. The molecule has 3 aromatic heterocycles. The maximum absolute atomic E-state index is 13.9. The lowest BCUT2D eigenvalue weighted by molar-refractivity contribution is -0.123. The van der Waals surface area contributed by atoms with Gasteiger partial charge >= 0.3 is 0 Å². The highest BCUT2D eigenvalue weighted by Crippen LogP contribution is 2.49. The predicted octanol–water partition coefficient (Wildman–Crippen LogP) is 6.27. The van der Waals surface area contributed by atoms with Crippen LogP contribution in [-0.4, -0.2) is 38.9 Å². The summed E-state index contributed by atoms with van der Waals surface area (Å²) in [6.45, 7) is 0.0844. The van der Waals surface area contributed by atoms with Gasteiger partial charge in [-0.2, -0.15) is 5.10 Å². The Morgan fingerprint density at radius 1 is 1.05 bits per heavy atom. The zero-order valence-electron chi connectivity index (χ0n) is 21.5. The van der Waals surface area contributed by atoms with Crippen molar-refractivity contribution in [2.75, 3.05) is 17.2 Å². The van der Waals surface area contributed by atoms with Crippen molar-refractivity contribution in [1.29, 1.82) is 0 Å². The molecule has 7 nitrogen and oxygen atoms in total. The summed E-state index contributed by atoms with van der Waals surface area (Å²) in [7, 11) is 0. The van der Waals surface area contributed by atoms with Crippen molar-refractivity contribution in [2.24, 2.45) is 0 Å². The van der Waals surface area contributed by atoms with Gasteiger partial charge in [-0.25, -0.2) is 9.07 Å². The molecule has 6 rings (SSSR count). The molecule has 2 aromatic carbocycles. The van der Waals surface area contributed by atoms with E-state index in [1.54, 1.807) is 35.3 Å². The Bertz CT molecular complexity index is 1690. The first-order valence-electron chi connectivity index (χ1n) is 12.7. The lowest BCUT2D eigenvalue weighted by atomic mass is 10.0. The number of benzene rings is 2. The number of hydrogen-bond acceptors (Lipinski definition) is 6. The van der Waals surface area contributed by atoms with E-state index in [4.69, 9.17) is 16.7 Å². The van der Waals surface area contributed by atoms with Crippen molar-refractivity contribution in [2.45, 2.75) is 11.8 Å². The van der Waals surface area contributed by atoms with Crippen LogP contribution >= 0.6 is 34.7 Å². The van der Waals surface area contributed by atoms with E-state index >= 15 is 0 Å². The summed E-state index contributed by atoms with van der Waals surface area (Å²) < 4.78 is 15.6. The van der Waals surface area contributed by atoms with Gasteiger partial charge in [0.25, 0.3) is 0 Å². The number of carbonyl (C=O) groups is 2. The predicted molar refractivity (Wildman–Crippen MR) is 161 cm³/mol. The van der Waals surface area contributed by atoms with Crippen molar-refractivity contribution in [3.05, 3.63) is 118 Å². The molecule has 1 aliphatic heterocycles. The molecule has 0 aliphatic carbocycles. The number of hydrogen-bond donors (Lipinski definition) is 1. The highest BCUT2D eigenvalue weighted by atomic mass is 35.5. The van der Waals surface area contributed by atoms with Crippen molar-refractivity contribution in [1.82, 2.24) is 20.1 Å². The van der Waals surface area contributed by atoms with E-state index in [9.17, 15) is 14.0 Å². The fourth-order valence-electron chi connectivity index (χ4n) is 4.71. The molecule has 0 saturated carbocycles. The smallest absolute Gasteiger partial charge is 0.240 e. The third-order valence-corrected chi connectivity index (χ3v) is 9.09. The summed E-state index contributed by atoms with van der Waals surface area (Å²) in [5, 5.41) is 9.97. The summed E-state index contributed by atoms with van der Waals surface area (Å²) >= 11 is 9.61. The van der Waals surface area contributed by atoms with Crippen LogP contribution in [0.25, 0.3) is 16.3 Å². The number of nitrogens with one attached hydrogen (secondary N) is 1. The minimum absolute atomic E-state index is 0.112. The second kappa shape index (κ2) is 11.9. The monoisotopic (exact) mass is 603 g/mol. The van der Waals surface area contributed by atoms with Gasteiger partial charge < -0.3 is 5.32 Å². The summed E-state index contributed by atoms with van der Waals surface area (Å²) in [4.78, 5) is 33.4. The summed E-state index contributed by atoms with van der Waals surface area (Å²) in [5.41, 5.74) is 3.73. The van der Waals surface area contributed by atoms with E-state index in [1.165, 1.54) is 40.1 Å². The molecule has 206 valence electrons. The third kappa shape index (κ3) is 5.63. The Balaban J connectivity index is 1.51. The van der Waals surface area contributed by atoms with Crippen LogP contribution in [0, 0.1) is 5.82 Å². The normalized spacial score (nSPS) is 14.9. The van der Waals surface area contributed by atoms with E-state index in [-0.39, 0.29) is 35.2 Å². The molecule has 11 heteroatoms. The van der Waals surface area contributed by atoms with Crippen molar-refractivity contribution < 1.29 is 14.0 Å². The Kier molecular flexibility index (Phi) is 7.86. The highest BCUT2D eigenvalue weighted by molar-refractivity contribution is 8.00. The van der Waals surface area contributed by atoms with Crippen LogP contribution in [0.5, 0.6) is 0 Å². The first kappa shape index (κ1) is 27.2. The lowest BCUT2D eigenvalue weighted by Gasteiger charge is -2.23. The Labute approximate surface area is 249 Å². The number of pyridine rings is 1. The number of fused-ring (bicyclic) bond motifs is 1. The van der Waals surface area contributed by atoms with E-state index in [1.807, 2.05) is 47.8 Å². The number of anilines is 1. The standard InChI is InChI=1S/C30H23ClFN5O2S2/c31-22-4-1-2-5-23(22)37-30-27(28(35-37)24-6-3-15-40-24)29(20-7-9-21(32)10-8-20)41-18-26(39)36(30)17-25(38)34-16-19-11-13-33-14-12-19/h1-15,29H,16-18H2,(H,34,38). The second-order valence-corrected chi connectivity index (χ2v) is 11.7. The van der Waals surface area contributed by atoms with Crippen LogP contribution in [-0.2, 0) is 16.1 Å². The number of nitrogens with zero attached hydrogens (tertiary/aromatic N) is 4. The van der Waals surface area contributed by atoms with E-state index in [0.717, 1.165) is 21.6 Å². The molecule has 0 spiro atoms. The van der Waals surface area contributed by atoms with Gasteiger partial charge in [0.1, 0.15) is 23.9 Å². The van der Waals surface area contributed by atoms with E-state index in [0.29, 0.717) is 28.8 Å². The van der Waals surface area contributed by atoms with Crippen molar-refractivity contribution >= 4 is 52.3 Å². The Morgan fingerprint density at radius 3 is 2.56 bits per heavy atom. The van der Waals surface area contributed by atoms with Gasteiger partial charge in [-0.15, -0.1) is 23.1 Å². The molecule has 0 fully saturated rings.